The first-order valence-electron chi connectivity index (χ1n) is 6.37. The van der Waals surface area contributed by atoms with Gasteiger partial charge in [-0.15, -0.1) is 11.3 Å². The number of carbonyl (C=O) groups excluding carboxylic acids is 1. The number of nitrogens with two attached hydrogens (primary N) is 1. The summed E-state index contributed by atoms with van der Waals surface area (Å²) in [6.45, 7) is 2.80. The Balaban J connectivity index is 2.08. The number of hydrogen-bond acceptors (Lipinski definition) is 3. The molecule has 0 aliphatic rings. The topological polar surface area (TPSA) is 55.1 Å². The number of benzene rings is 1. The van der Waals surface area contributed by atoms with Crippen molar-refractivity contribution in [3.8, 4) is 0 Å². The van der Waals surface area contributed by atoms with E-state index in [-0.39, 0.29) is 5.91 Å². The first-order chi connectivity index (χ1) is 9.22. The van der Waals surface area contributed by atoms with Gasteiger partial charge in [-0.2, -0.15) is 0 Å². The molecule has 0 spiro atoms. The quantitative estimate of drug-likeness (QED) is 0.850. The monoisotopic (exact) mass is 274 g/mol. The Labute approximate surface area is 117 Å². The molecule has 2 rings (SSSR count). The lowest BCUT2D eigenvalue weighted by Gasteiger charge is -2.16. The maximum Gasteiger partial charge on any atom is 0.249 e. The molecule has 1 heterocycles. The molecule has 1 aromatic carbocycles. The van der Waals surface area contributed by atoms with Crippen molar-refractivity contribution in [3.05, 3.63) is 57.8 Å². The molecule has 19 heavy (non-hydrogen) atoms. The lowest BCUT2D eigenvalue weighted by Crippen LogP contribution is -2.22. The second-order valence-electron chi connectivity index (χ2n) is 4.38. The fraction of sp³-hybridized carbons (Fsp3) is 0.267. The van der Waals surface area contributed by atoms with Crippen molar-refractivity contribution in [2.75, 3.05) is 0 Å². The molecule has 0 saturated carbocycles. The lowest BCUT2D eigenvalue weighted by atomic mass is 10.1. The summed E-state index contributed by atoms with van der Waals surface area (Å²) in [6, 6.07) is 12.0. The van der Waals surface area contributed by atoms with Crippen molar-refractivity contribution in [2.24, 2.45) is 5.73 Å². The van der Waals surface area contributed by atoms with Gasteiger partial charge in [0.1, 0.15) is 0 Å². The van der Waals surface area contributed by atoms with Crippen LogP contribution in [0.5, 0.6) is 0 Å². The van der Waals surface area contributed by atoms with Crippen molar-refractivity contribution < 1.29 is 4.79 Å². The Kier molecular flexibility index (Phi) is 4.71. The maximum absolute atomic E-state index is 11.4. The normalized spacial score (nSPS) is 12.3. The molecule has 0 saturated heterocycles. The number of amides is 1. The van der Waals surface area contributed by atoms with Crippen molar-refractivity contribution in [1.29, 1.82) is 0 Å². The fourth-order valence-electron chi connectivity index (χ4n) is 2.08. The zero-order valence-electron chi connectivity index (χ0n) is 10.9. The minimum Gasteiger partial charge on any atom is -0.366 e. The summed E-state index contributed by atoms with van der Waals surface area (Å²) in [6.07, 6.45) is 1.01. The molecule has 4 heteroatoms. The molecule has 1 atom stereocenters. The average molecular weight is 274 g/mol. The number of hydrogen-bond donors (Lipinski definition) is 2. The Morgan fingerprint density at radius 2 is 2.11 bits per heavy atom. The molecular weight excluding hydrogens is 256 g/mol. The van der Waals surface area contributed by atoms with Crippen LogP contribution in [0.3, 0.4) is 0 Å². The number of primary amides is 1. The molecule has 0 bridgehead atoms. The van der Waals surface area contributed by atoms with E-state index in [0.717, 1.165) is 12.0 Å². The smallest absolute Gasteiger partial charge is 0.249 e. The summed E-state index contributed by atoms with van der Waals surface area (Å²) in [5.41, 5.74) is 6.93. The van der Waals surface area contributed by atoms with Crippen LogP contribution < -0.4 is 11.1 Å². The van der Waals surface area contributed by atoms with Crippen molar-refractivity contribution in [1.82, 2.24) is 5.32 Å². The Hall–Kier alpha value is -1.65. The molecular formula is C15H18N2OS. The van der Waals surface area contributed by atoms with Crippen LogP contribution >= 0.6 is 11.3 Å². The number of thiophene rings is 1. The highest BCUT2D eigenvalue weighted by atomic mass is 32.1. The van der Waals surface area contributed by atoms with Gasteiger partial charge in [-0.1, -0.05) is 31.2 Å². The molecule has 1 unspecified atom stereocenters. The first kappa shape index (κ1) is 13.8. The summed E-state index contributed by atoms with van der Waals surface area (Å²) >= 11 is 1.75. The molecule has 100 valence electrons. The minimum absolute atomic E-state index is 0.320. The third-order valence-electron chi connectivity index (χ3n) is 3.12. The van der Waals surface area contributed by atoms with E-state index >= 15 is 0 Å². The molecule has 1 amide bonds. The van der Waals surface area contributed by atoms with E-state index in [9.17, 15) is 4.79 Å². The van der Waals surface area contributed by atoms with Crippen molar-refractivity contribution >= 4 is 17.2 Å². The molecule has 0 aliphatic carbocycles. The molecule has 1 aromatic heterocycles. The van der Waals surface area contributed by atoms with E-state index in [1.165, 1.54) is 4.88 Å². The fourth-order valence-corrected chi connectivity index (χ4v) is 2.97. The van der Waals surface area contributed by atoms with Gasteiger partial charge in [-0.25, -0.2) is 0 Å². The predicted octanol–water partition coefficient (Wildman–Crippen LogP) is 3.09. The van der Waals surface area contributed by atoms with Gasteiger partial charge in [-0.3, -0.25) is 4.79 Å². The van der Waals surface area contributed by atoms with Gasteiger partial charge in [0, 0.05) is 23.0 Å². The summed E-state index contributed by atoms with van der Waals surface area (Å²) in [4.78, 5) is 12.7. The Morgan fingerprint density at radius 3 is 2.74 bits per heavy atom. The second-order valence-corrected chi connectivity index (χ2v) is 5.36. The first-order valence-corrected chi connectivity index (χ1v) is 7.24. The van der Waals surface area contributed by atoms with Crippen LogP contribution in [0.2, 0.25) is 0 Å². The van der Waals surface area contributed by atoms with E-state index in [1.54, 1.807) is 17.4 Å². The SMILES string of the molecule is CCC(NCc1ccccc1C(N)=O)c1cccs1. The van der Waals surface area contributed by atoms with E-state index < -0.39 is 0 Å². The molecule has 0 radical (unpaired) electrons. The summed E-state index contributed by atoms with van der Waals surface area (Å²) < 4.78 is 0. The summed E-state index contributed by atoms with van der Waals surface area (Å²) in [5, 5.41) is 5.57. The molecule has 0 fully saturated rings. The van der Waals surface area contributed by atoms with E-state index in [1.807, 2.05) is 18.2 Å². The van der Waals surface area contributed by atoms with E-state index in [4.69, 9.17) is 5.73 Å². The van der Waals surface area contributed by atoms with Crippen LogP contribution in [0.15, 0.2) is 41.8 Å². The number of nitrogens with one attached hydrogen (secondary N) is 1. The zero-order chi connectivity index (χ0) is 13.7. The number of rotatable bonds is 6. The van der Waals surface area contributed by atoms with Gasteiger partial charge >= 0.3 is 0 Å². The van der Waals surface area contributed by atoms with Gasteiger partial charge in [0.2, 0.25) is 5.91 Å². The van der Waals surface area contributed by atoms with Crippen molar-refractivity contribution in [2.45, 2.75) is 25.9 Å². The van der Waals surface area contributed by atoms with Gasteiger partial charge in [0.25, 0.3) is 0 Å². The Morgan fingerprint density at radius 1 is 1.32 bits per heavy atom. The van der Waals surface area contributed by atoms with Crippen LogP contribution in [-0.4, -0.2) is 5.91 Å². The molecule has 2 aromatic rings. The summed E-state index contributed by atoms with van der Waals surface area (Å²) in [7, 11) is 0. The molecule has 3 N–H and O–H groups in total. The number of carbonyl (C=O) groups is 1. The second kappa shape index (κ2) is 6.50. The highest BCUT2D eigenvalue weighted by Crippen LogP contribution is 2.22. The van der Waals surface area contributed by atoms with Gasteiger partial charge in [0.05, 0.1) is 0 Å². The minimum atomic E-state index is -0.374. The van der Waals surface area contributed by atoms with Crippen LogP contribution in [0.25, 0.3) is 0 Å². The van der Waals surface area contributed by atoms with Crippen molar-refractivity contribution in [3.63, 3.8) is 0 Å². The highest BCUT2D eigenvalue weighted by Gasteiger charge is 2.12. The van der Waals surface area contributed by atoms with Gasteiger partial charge < -0.3 is 11.1 Å². The Bertz CT molecular complexity index is 537. The van der Waals surface area contributed by atoms with Gasteiger partial charge in [0.15, 0.2) is 0 Å². The lowest BCUT2D eigenvalue weighted by molar-refractivity contribution is 0.0999. The van der Waals surface area contributed by atoms with Crippen LogP contribution in [0, 0.1) is 0 Å². The third-order valence-corrected chi connectivity index (χ3v) is 4.10. The largest absolute Gasteiger partial charge is 0.366 e. The van der Waals surface area contributed by atoms with Gasteiger partial charge in [-0.05, 0) is 29.5 Å². The molecule has 0 aliphatic heterocycles. The highest BCUT2D eigenvalue weighted by molar-refractivity contribution is 7.10. The van der Waals surface area contributed by atoms with Crippen LogP contribution in [0.1, 0.15) is 40.2 Å². The van der Waals surface area contributed by atoms with Crippen LogP contribution in [0.4, 0.5) is 0 Å². The predicted molar refractivity (Wildman–Crippen MR) is 79.2 cm³/mol. The van der Waals surface area contributed by atoms with E-state index in [2.05, 4.69) is 29.8 Å². The third kappa shape index (κ3) is 3.43. The average Bonchev–Trinajstić information content (AvgIpc) is 2.94. The van der Waals surface area contributed by atoms with Crippen LogP contribution in [-0.2, 0) is 6.54 Å². The zero-order valence-corrected chi connectivity index (χ0v) is 11.7. The maximum atomic E-state index is 11.4. The molecule has 3 nitrogen and oxygen atoms in total. The van der Waals surface area contributed by atoms with E-state index in [0.29, 0.717) is 18.2 Å². The standard InChI is InChI=1S/C15H18N2OS/c1-2-13(14-8-5-9-19-14)17-10-11-6-3-4-7-12(11)15(16)18/h3-9,13,17H,2,10H2,1H3,(H2,16,18). The summed E-state index contributed by atoms with van der Waals surface area (Å²) in [5.74, 6) is -0.374.